The Bertz CT molecular complexity index is 1690. The van der Waals surface area contributed by atoms with Gasteiger partial charge in [0.2, 0.25) is 17.6 Å². The van der Waals surface area contributed by atoms with Crippen LogP contribution in [0.1, 0.15) is 77.3 Å². The fourth-order valence-electron chi connectivity index (χ4n) is 6.31. The summed E-state index contributed by atoms with van der Waals surface area (Å²) in [6, 6.07) is 10.9. The average molecular weight is 724 g/mol. The van der Waals surface area contributed by atoms with Crippen molar-refractivity contribution in [2.45, 2.75) is 103 Å². The van der Waals surface area contributed by atoms with E-state index in [9.17, 15) is 24.0 Å². The van der Waals surface area contributed by atoms with Crippen LogP contribution in [0.15, 0.2) is 53.7 Å². The summed E-state index contributed by atoms with van der Waals surface area (Å²) in [5.41, 5.74) is 0.154. The molecular formula is C37H46ClN5O8. The van der Waals surface area contributed by atoms with Crippen molar-refractivity contribution in [2.24, 2.45) is 10.6 Å². The Kier molecular flexibility index (Phi) is 11.6. The van der Waals surface area contributed by atoms with Crippen molar-refractivity contribution in [1.82, 2.24) is 20.9 Å². The largest absolute Gasteiger partial charge is 0.497 e. The number of nitrogens with zero attached hydrogens (tertiary/aromatic N) is 2. The highest BCUT2D eigenvalue weighted by Crippen LogP contribution is 2.40. The van der Waals surface area contributed by atoms with Crippen LogP contribution in [-0.4, -0.2) is 83.6 Å². The molecule has 51 heavy (non-hydrogen) atoms. The molecule has 4 atom stereocenters. The fraction of sp³-hybridized carbons (Fsp3) is 0.514. The Morgan fingerprint density at radius 2 is 1.82 bits per heavy atom. The second-order valence-electron chi connectivity index (χ2n) is 14.5. The number of likely N-dealkylation sites (tertiary alicyclic amines) is 1. The Morgan fingerprint density at radius 3 is 2.49 bits per heavy atom. The van der Waals surface area contributed by atoms with Crippen molar-refractivity contribution < 1.29 is 38.3 Å². The van der Waals surface area contributed by atoms with E-state index in [1.807, 2.05) is 13.0 Å². The molecule has 2 aliphatic heterocycles. The van der Waals surface area contributed by atoms with E-state index in [0.717, 1.165) is 18.4 Å². The average Bonchev–Trinajstić information content (AvgIpc) is 3.69. The van der Waals surface area contributed by atoms with E-state index in [-0.39, 0.29) is 38.5 Å². The minimum Gasteiger partial charge on any atom is -0.497 e. The van der Waals surface area contributed by atoms with Gasteiger partial charge in [0.15, 0.2) is 5.60 Å². The quantitative estimate of drug-likeness (QED) is 0.258. The van der Waals surface area contributed by atoms with E-state index in [1.54, 1.807) is 63.2 Å². The number of rotatable bonds is 13. The third-order valence-corrected chi connectivity index (χ3v) is 9.44. The summed E-state index contributed by atoms with van der Waals surface area (Å²) in [4.78, 5) is 75.1. The molecule has 2 fully saturated rings. The summed E-state index contributed by atoms with van der Waals surface area (Å²) in [6.07, 6.45) is 1.88. The number of methoxy groups -OCH3 is 1. The number of halogens is 1. The molecule has 3 aliphatic rings. The number of ketones is 1. The van der Waals surface area contributed by atoms with Crippen molar-refractivity contribution in [3.63, 3.8) is 0 Å². The molecule has 1 spiro atoms. The lowest BCUT2D eigenvalue weighted by Crippen LogP contribution is -2.59. The van der Waals surface area contributed by atoms with E-state index in [1.165, 1.54) is 12.0 Å². The third kappa shape index (κ3) is 9.37. The lowest BCUT2D eigenvalue weighted by atomic mass is 9.85. The van der Waals surface area contributed by atoms with Crippen LogP contribution in [0, 0.1) is 5.41 Å². The molecule has 1 saturated heterocycles. The normalized spacial score (nSPS) is 20.9. The van der Waals surface area contributed by atoms with Crippen LogP contribution < -0.4 is 20.7 Å². The van der Waals surface area contributed by atoms with Gasteiger partial charge in [0, 0.05) is 29.5 Å². The molecule has 2 aromatic carbocycles. The molecule has 2 aromatic rings. The zero-order valence-electron chi connectivity index (χ0n) is 29.6. The van der Waals surface area contributed by atoms with Crippen molar-refractivity contribution >= 4 is 46.9 Å². The number of amides is 4. The first-order valence-corrected chi connectivity index (χ1v) is 17.6. The maximum Gasteiger partial charge on any atom is 0.408 e. The number of carbonyl (C=O) groups excluding carboxylic acids is 5. The van der Waals surface area contributed by atoms with Gasteiger partial charge in [-0.2, -0.15) is 0 Å². The Hall–Kier alpha value is -4.65. The molecule has 1 saturated carbocycles. The molecule has 13 nitrogen and oxygen atoms in total. The first-order valence-electron chi connectivity index (χ1n) is 17.2. The molecule has 3 N–H and O–H groups in total. The van der Waals surface area contributed by atoms with Crippen LogP contribution in [0.2, 0.25) is 5.02 Å². The molecule has 0 aromatic heterocycles. The summed E-state index contributed by atoms with van der Waals surface area (Å²) < 4.78 is 10.7. The Morgan fingerprint density at radius 1 is 1.08 bits per heavy atom. The number of nitrogens with one attached hydrogen (secondary N) is 3. The highest BCUT2D eigenvalue weighted by atomic mass is 35.5. The molecule has 0 unspecified atom stereocenters. The second kappa shape index (κ2) is 15.7. The molecule has 5 rings (SSSR count). The molecular weight excluding hydrogens is 678 g/mol. The van der Waals surface area contributed by atoms with Crippen LogP contribution in [0.3, 0.4) is 0 Å². The van der Waals surface area contributed by atoms with Crippen molar-refractivity contribution in [1.29, 1.82) is 0 Å². The van der Waals surface area contributed by atoms with Crippen LogP contribution in [0.4, 0.5) is 4.79 Å². The molecule has 1 aliphatic carbocycles. The van der Waals surface area contributed by atoms with Gasteiger partial charge in [0.25, 0.3) is 5.91 Å². The third-order valence-electron chi connectivity index (χ3n) is 9.21. The predicted octanol–water partition coefficient (Wildman–Crippen LogP) is 4.29. The van der Waals surface area contributed by atoms with Crippen molar-refractivity contribution in [3.8, 4) is 5.75 Å². The first kappa shape index (κ1) is 37.6. The number of carbonyl (C=O) groups is 5. The van der Waals surface area contributed by atoms with Crippen LogP contribution in [0.25, 0.3) is 0 Å². The standard InChI is InChI=1S/C37H46ClN5O8/c1-6-9-27(30(44)33(46)39-25-14-15-25)40-32(45)29-19-37(18-28(42-51-37)23-11-8-12-24(38)17-23)21-43(29)34(47)31(36(2,3)4)41-35(48)50-20-22-10-7-13-26(16-22)49-5/h7-8,10-13,16-17,25,27,29,31H,6,9,14-15,18-21H2,1-5H3,(H,39,46)(H,40,45)(H,41,48)/t27-,29-,31+,37+/m0/s1. The summed E-state index contributed by atoms with van der Waals surface area (Å²) in [7, 11) is 1.54. The van der Waals surface area contributed by atoms with Gasteiger partial charge in [-0.15, -0.1) is 0 Å². The maximum absolute atomic E-state index is 14.5. The Balaban J connectivity index is 1.37. The van der Waals surface area contributed by atoms with Gasteiger partial charge in [-0.3, -0.25) is 19.2 Å². The minimum atomic E-state index is -1.12. The van der Waals surface area contributed by atoms with Gasteiger partial charge in [-0.1, -0.05) is 75.1 Å². The van der Waals surface area contributed by atoms with E-state index in [4.69, 9.17) is 25.9 Å². The molecule has 0 radical (unpaired) electrons. The van der Waals surface area contributed by atoms with E-state index in [2.05, 4.69) is 21.1 Å². The van der Waals surface area contributed by atoms with Gasteiger partial charge in [0.1, 0.15) is 24.4 Å². The number of hydrogen-bond acceptors (Lipinski definition) is 9. The lowest BCUT2D eigenvalue weighted by Gasteiger charge is -2.35. The number of alkyl carbamates (subject to hydrolysis) is 1. The van der Waals surface area contributed by atoms with E-state index >= 15 is 0 Å². The van der Waals surface area contributed by atoms with E-state index < -0.39 is 58.7 Å². The van der Waals surface area contributed by atoms with E-state index in [0.29, 0.717) is 28.5 Å². The lowest BCUT2D eigenvalue weighted by molar-refractivity contribution is -0.144. The molecule has 4 amide bonds. The summed E-state index contributed by atoms with van der Waals surface area (Å²) in [5, 5.41) is 13.0. The first-order chi connectivity index (χ1) is 24.2. The van der Waals surface area contributed by atoms with Gasteiger partial charge in [0.05, 0.1) is 25.4 Å². The zero-order chi connectivity index (χ0) is 36.9. The number of hydrogen-bond donors (Lipinski definition) is 3. The van der Waals surface area contributed by atoms with Gasteiger partial charge < -0.3 is 35.2 Å². The van der Waals surface area contributed by atoms with Gasteiger partial charge >= 0.3 is 6.09 Å². The van der Waals surface area contributed by atoms with Crippen molar-refractivity contribution in [3.05, 3.63) is 64.7 Å². The van der Waals surface area contributed by atoms with Crippen molar-refractivity contribution in [2.75, 3.05) is 13.7 Å². The molecule has 0 bridgehead atoms. The fourth-order valence-corrected chi connectivity index (χ4v) is 6.50. The van der Waals surface area contributed by atoms with Gasteiger partial charge in [-0.05, 0) is 54.5 Å². The molecule has 274 valence electrons. The zero-order valence-corrected chi connectivity index (χ0v) is 30.4. The highest BCUT2D eigenvalue weighted by molar-refractivity contribution is 6.38. The SMILES string of the molecule is CCC[C@H](NC(=O)[C@@H]1C[C@]2(CC(c3cccc(Cl)c3)=NO2)CN1C(=O)[C@@H](NC(=O)OCc1cccc(OC)c1)C(C)(C)C)C(=O)C(=O)NC1CC1. The summed E-state index contributed by atoms with van der Waals surface area (Å²) >= 11 is 6.24. The monoisotopic (exact) mass is 723 g/mol. The molecule has 2 heterocycles. The van der Waals surface area contributed by atoms with Crippen LogP contribution in [0.5, 0.6) is 5.75 Å². The summed E-state index contributed by atoms with van der Waals surface area (Å²) in [5.74, 6) is -2.02. The number of Topliss-reactive ketones (excluding diaryl/α,β-unsaturated/α-hetero) is 1. The smallest absolute Gasteiger partial charge is 0.408 e. The predicted molar refractivity (Wildman–Crippen MR) is 189 cm³/mol. The molecule has 14 heteroatoms. The summed E-state index contributed by atoms with van der Waals surface area (Å²) in [6.45, 7) is 7.13. The topological polar surface area (TPSA) is 165 Å². The highest BCUT2D eigenvalue weighted by Gasteiger charge is 2.55. The Labute approximate surface area is 302 Å². The minimum absolute atomic E-state index is 0.0283. The second-order valence-corrected chi connectivity index (χ2v) is 15.0. The maximum atomic E-state index is 14.5. The number of ether oxygens (including phenoxy) is 2. The number of benzene rings is 2. The van der Waals surface area contributed by atoms with Crippen LogP contribution in [-0.2, 0) is 35.4 Å². The van der Waals surface area contributed by atoms with Gasteiger partial charge in [-0.25, -0.2) is 4.79 Å². The number of oxime groups is 1. The van der Waals surface area contributed by atoms with Crippen LogP contribution >= 0.6 is 11.6 Å².